The SMILES string of the molecule is COc1cccc(-c2cc(N)ncn2)c1OC. The highest BCUT2D eigenvalue weighted by atomic mass is 16.5. The molecule has 17 heavy (non-hydrogen) atoms. The highest BCUT2D eigenvalue weighted by Crippen LogP contribution is 2.36. The molecule has 0 bridgehead atoms. The number of hydrogen-bond donors (Lipinski definition) is 1. The molecule has 0 radical (unpaired) electrons. The van der Waals surface area contributed by atoms with Gasteiger partial charge in [0, 0.05) is 11.6 Å². The summed E-state index contributed by atoms with van der Waals surface area (Å²) in [6.45, 7) is 0. The number of rotatable bonds is 3. The summed E-state index contributed by atoms with van der Waals surface area (Å²) < 4.78 is 10.6. The maximum atomic E-state index is 5.63. The lowest BCUT2D eigenvalue weighted by Gasteiger charge is -2.11. The van der Waals surface area contributed by atoms with Crippen molar-refractivity contribution in [1.29, 1.82) is 0 Å². The third-order valence-electron chi connectivity index (χ3n) is 2.37. The van der Waals surface area contributed by atoms with Gasteiger partial charge in [0.2, 0.25) is 0 Å². The number of nitrogen functional groups attached to an aromatic ring is 1. The molecule has 2 rings (SSSR count). The topological polar surface area (TPSA) is 70.3 Å². The lowest BCUT2D eigenvalue weighted by Crippen LogP contribution is -1.96. The van der Waals surface area contributed by atoms with Gasteiger partial charge in [-0.15, -0.1) is 0 Å². The van der Waals surface area contributed by atoms with Crippen LogP contribution in [0.2, 0.25) is 0 Å². The minimum Gasteiger partial charge on any atom is -0.493 e. The Kier molecular flexibility index (Phi) is 3.09. The van der Waals surface area contributed by atoms with E-state index in [4.69, 9.17) is 15.2 Å². The Morgan fingerprint density at radius 3 is 2.59 bits per heavy atom. The Bertz CT molecular complexity index is 529. The first-order valence-electron chi connectivity index (χ1n) is 5.05. The van der Waals surface area contributed by atoms with Crippen LogP contribution in [0.15, 0.2) is 30.6 Å². The number of anilines is 1. The summed E-state index contributed by atoms with van der Waals surface area (Å²) in [6.07, 6.45) is 1.42. The summed E-state index contributed by atoms with van der Waals surface area (Å²) in [6, 6.07) is 7.28. The Balaban J connectivity index is 2.59. The van der Waals surface area contributed by atoms with Gasteiger partial charge >= 0.3 is 0 Å². The van der Waals surface area contributed by atoms with Crippen LogP contribution in [0.25, 0.3) is 11.3 Å². The highest BCUT2D eigenvalue weighted by Gasteiger charge is 2.12. The van der Waals surface area contributed by atoms with Crippen molar-refractivity contribution in [3.8, 4) is 22.8 Å². The molecule has 88 valence electrons. The van der Waals surface area contributed by atoms with E-state index in [1.807, 2.05) is 18.2 Å². The first-order chi connectivity index (χ1) is 8.26. The molecular formula is C12H13N3O2. The molecule has 0 aliphatic carbocycles. The number of para-hydroxylation sites is 1. The van der Waals surface area contributed by atoms with Crippen molar-refractivity contribution < 1.29 is 9.47 Å². The van der Waals surface area contributed by atoms with Crippen LogP contribution in [0.3, 0.4) is 0 Å². The van der Waals surface area contributed by atoms with Crippen LogP contribution < -0.4 is 15.2 Å². The van der Waals surface area contributed by atoms with Gasteiger partial charge in [0.1, 0.15) is 12.1 Å². The highest BCUT2D eigenvalue weighted by molar-refractivity contribution is 5.72. The molecular weight excluding hydrogens is 218 g/mol. The normalized spacial score (nSPS) is 10.0. The summed E-state index contributed by atoms with van der Waals surface area (Å²) in [5.41, 5.74) is 7.16. The molecule has 0 aliphatic heterocycles. The van der Waals surface area contributed by atoms with E-state index in [9.17, 15) is 0 Å². The predicted molar refractivity (Wildman–Crippen MR) is 65.0 cm³/mol. The van der Waals surface area contributed by atoms with Gasteiger partial charge in [-0.25, -0.2) is 9.97 Å². The minimum absolute atomic E-state index is 0.417. The molecule has 1 heterocycles. The second-order valence-corrected chi connectivity index (χ2v) is 3.37. The van der Waals surface area contributed by atoms with Crippen LogP contribution in [0, 0.1) is 0 Å². The second kappa shape index (κ2) is 4.69. The number of benzene rings is 1. The first-order valence-corrected chi connectivity index (χ1v) is 5.05. The van der Waals surface area contributed by atoms with E-state index in [0.717, 1.165) is 5.56 Å². The predicted octanol–water partition coefficient (Wildman–Crippen LogP) is 1.74. The van der Waals surface area contributed by atoms with Gasteiger partial charge < -0.3 is 15.2 Å². The molecule has 1 aromatic heterocycles. The molecule has 2 N–H and O–H groups in total. The van der Waals surface area contributed by atoms with Gasteiger partial charge in [-0.2, -0.15) is 0 Å². The largest absolute Gasteiger partial charge is 0.493 e. The van der Waals surface area contributed by atoms with Gasteiger partial charge in [0.25, 0.3) is 0 Å². The van der Waals surface area contributed by atoms with E-state index in [0.29, 0.717) is 23.0 Å². The van der Waals surface area contributed by atoms with Crippen molar-refractivity contribution in [2.45, 2.75) is 0 Å². The summed E-state index contributed by atoms with van der Waals surface area (Å²) in [5, 5.41) is 0. The zero-order valence-corrected chi connectivity index (χ0v) is 9.68. The summed E-state index contributed by atoms with van der Waals surface area (Å²) in [5.74, 6) is 1.70. The smallest absolute Gasteiger partial charge is 0.170 e. The molecule has 0 fully saturated rings. The summed E-state index contributed by atoms with van der Waals surface area (Å²) in [7, 11) is 3.18. The van der Waals surface area contributed by atoms with E-state index >= 15 is 0 Å². The minimum atomic E-state index is 0.417. The average molecular weight is 231 g/mol. The molecule has 2 aromatic rings. The summed E-state index contributed by atoms with van der Waals surface area (Å²) in [4.78, 5) is 8.03. The zero-order chi connectivity index (χ0) is 12.3. The quantitative estimate of drug-likeness (QED) is 0.871. The Hall–Kier alpha value is -2.30. The van der Waals surface area contributed by atoms with Crippen molar-refractivity contribution in [2.75, 3.05) is 20.0 Å². The molecule has 0 atom stereocenters. The Labute approximate surface area is 99.2 Å². The van der Waals surface area contributed by atoms with E-state index in [-0.39, 0.29) is 0 Å². The average Bonchev–Trinajstić information content (AvgIpc) is 2.37. The standard InChI is InChI=1S/C12H13N3O2/c1-16-10-5-3-4-8(12(10)17-2)9-6-11(13)15-7-14-9/h3-7H,1-2H3,(H2,13,14,15). The maximum Gasteiger partial charge on any atom is 0.170 e. The molecule has 0 amide bonds. The fraction of sp³-hybridized carbons (Fsp3) is 0.167. The zero-order valence-electron chi connectivity index (χ0n) is 9.68. The van der Waals surface area contributed by atoms with Crippen LogP contribution >= 0.6 is 0 Å². The van der Waals surface area contributed by atoms with Crippen LogP contribution in [0.5, 0.6) is 11.5 Å². The van der Waals surface area contributed by atoms with Gasteiger partial charge in [-0.1, -0.05) is 6.07 Å². The second-order valence-electron chi connectivity index (χ2n) is 3.37. The summed E-state index contributed by atoms with van der Waals surface area (Å²) >= 11 is 0. The van der Waals surface area contributed by atoms with E-state index in [1.165, 1.54) is 6.33 Å². The fourth-order valence-electron chi connectivity index (χ4n) is 1.61. The number of nitrogens with zero attached hydrogens (tertiary/aromatic N) is 2. The monoisotopic (exact) mass is 231 g/mol. The molecule has 0 saturated carbocycles. The van der Waals surface area contributed by atoms with Gasteiger partial charge in [0.15, 0.2) is 11.5 Å². The van der Waals surface area contributed by atoms with E-state index in [1.54, 1.807) is 20.3 Å². The molecule has 5 heteroatoms. The van der Waals surface area contributed by atoms with Crippen LogP contribution in [-0.4, -0.2) is 24.2 Å². The number of hydrogen-bond acceptors (Lipinski definition) is 5. The van der Waals surface area contributed by atoms with Crippen molar-refractivity contribution in [3.63, 3.8) is 0 Å². The molecule has 0 spiro atoms. The van der Waals surface area contributed by atoms with Gasteiger partial charge in [0.05, 0.1) is 19.9 Å². The van der Waals surface area contributed by atoms with Crippen molar-refractivity contribution in [3.05, 3.63) is 30.6 Å². The van der Waals surface area contributed by atoms with Crippen molar-refractivity contribution in [1.82, 2.24) is 9.97 Å². The van der Waals surface area contributed by atoms with E-state index < -0.39 is 0 Å². The Morgan fingerprint density at radius 2 is 1.94 bits per heavy atom. The van der Waals surface area contributed by atoms with Gasteiger partial charge in [-0.05, 0) is 12.1 Å². The molecule has 0 saturated heterocycles. The van der Waals surface area contributed by atoms with Crippen LogP contribution in [0.1, 0.15) is 0 Å². The molecule has 1 aromatic carbocycles. The number of methoxy groups -OCH3 is 2. The Morgan fingerprint density at radius 1 is 1.12 bits per heavy atom. The fourth-order valence-corrected chi connectivity index (χ4v) is 1.61. The third-order valence-corrected chi connectivity index (χ3v) is 2.37. The molecule has 5 nitrogen and oxygen atoms in total. The lowest BCUT2D eigenvalue weighted by molar-refractivity contribution is 0.356. The molecule has 0 unspecified atom stereocenters. The number of nitrogens with two attached hydrogens (primary N) is 1. The van der Waals surface area contributed by atoms with Crippen molar-refractivity contribution in [2.24, 2.45) is 0 Å². The van der Waals surface area contributed by atoms with Crippen LogP contribution in [0.4, 0.5) is 5.82 Å². The third kappa shape index (κ3) is 2.13. The first kappa shape index (κ1) is 11.2. The van der Waals surface area contributed by atoms with Crippen LogP contribution in [-0.2, 0) is 0 Å². The lowest BCUT2D eigenvalue weighted by atomic mass is 10.1. The van der Waals surface area contributed by atoms with Gasteiger partial charge in [-0.3, -0.25) is 0 Å². The molecule has 0 aliphatic rings. The maximum absolute atomic E-state index is 5.63. The number of aromatic nitrogens is 2. The van der Waals surface area contributed by atoms with E-state index in [2.05, 4.69) is 9.97 Å². The van der Waals surface area contributed by atoms with Crippen molar-refractivity contribution >= 4 is 5.82 Å². The number of ether oxygens (including phenoxy) is 2.